The smallest absolute Gasteiger partial charge is 0.238 e. The van der Waals surface area contributed by atoms with Gasteiger partial charge in [0.05, 0.1) is 4.90 Å². The Hall–Kier alpha value is -1.11. The number of sulfonamides is 1. The molecule has 1 aromatic rings. The van der Waals surface area contributed by atoms with Crippen LogP contribution in [0.15, 0.2) is 23.1 Å². The molecule has 6 heteroatoms. The molecule has 3 N–H and O–H groups in total. The first kappa shape index (κ1) is 14.8. The van der Waals surface area contributed by atoms with E-state index >= 15 is 0 Å². The molecule has 1 heterocycles. The van der Waals surface area contributed by atoms with Crippen LogP contribution < -0.4 is 10.5 Å². The highest BCUT2D eigenvalue weighted by Gasteiger charge is 2.38. The Kier molecular flexibility index (Phi) is 3.71. The molecule has 0 amide bonds. The van der Waals surface area contributed by atoms with Gasteiger partial charge in [0.25, 0.3) is 0 Å². The van der Waals surface area contributed by atoms with E-state index in [-0.39, 0.29) is 4.90 Å². The molecule has 0 aromatic heterocycles. The maximum Gasteiger partial charge on any atom is 0.238 e. The Morgan fingerprint density at radius 1 is 1.33 bits per heavy atom. The molecule has 2 aliphatic rings. The van der Waals surface area contributed by atoms with Gasteiger partial charge in [-0.2, -0.15) is 0 Å². The van der Waals surface area contributed by atoms with Crippen molar-refractivity contribution >= 4 is 15.7 Å². The van der Waals surface area contributed by atoms with Gasteiger partial charge in [0.1, 0.15) is 0 Å². The molecule has 1 aliphatic heterocycles. The first-order chi connectivity index (χ1) is 9.86. The van der Waals surface area contributed by atoms with Crippen molar-refractivity contribution in [1.82, 2.24) is 4.90 Å². The Morgan fingerprint density at radius 3 is 2.67 bits per heavy atom. The van der Waals surface area contributed by atoms with Crippen LogP contribution in [0.25, 0.3) is 0 Å². The van der Waals surface area contributed by atoms with Crippen molar-refractivity contribution in [3.8, 4) is 0 Å². The van der Waals surface area contributed by atoms with E-state index in [4.69, 9.17) is 5.14 Å². The lowest BCUT2D eigenvalue weighted by atomic mass is 10.1. The molecule has 1 saturated carbocycles. The van der Waals surface area contributed by atoms with Crippen LogP contribution in [0.3, 0.4) is 0 Å². The summed E-state index contributed by atoms with van der Waals surface area (Å²) in [5, 5.41) is 8.77. The molecule has 1 aliphatic carbocycles. The summed E-state index contributed by atoms with van der Waals surface area (Å²) in [6.07, 6.45) is 3.73. The van der Waals surface area contributed by atoms with Gasteiger partial charge in [-0.15, -0.1) is 0 Å². The van der Waals surface area contributed by atoms with Crippen molar-refractivity contribution in [3.63, 3.8) is 0 Å². The van der Waals surface area contributed by atoms with Crippen molar-refractivity contribution in [2.45, 2.75) is 56.1 Å². The number of hydrogen-bond acceptors (Lipinski definition) is 4. The second-order valence-corrected chi connectivity index (χ2v) is 7.86. The summed E-state index contributed by atoms with van der Waals surface area (Å²) in [7, 11) is -3.67. The summed E-state index contributed by atoms with van der Waals surface area (Å²) >= 11 is 0. The van der Waals surface area contributed by atoms with Crippen LogP contribution in [-0.4, -0.2) is 38.0 Å². The minimum atomic E-state index is -3.67. The molecule has 3 rings (SSSR count). The lowest BCUT2D eigenvalue weighted by molar-refractivity contribution is 0.257. The van der Waals surface area contributed by atoms with Gasteiger partial charge in [-0.25, -0.2) is 13.6 Å². The Balaban J connectivity index is 1.77. The van der Waals surface area contributed by atoms with Gasteiger partial charge in [-0.1, -0.05) is 6.07 Å². The highest BCUT2D eigenvalue weighted by molar-refractivity contribution is 7.89. The first-order valence-electron chi connectivity index (χ1n) is 7.51. The molecule has 0 radical (unpaired) electrons. The van der Waals surface area contributed by atoms with Crippen LogP contribution in [0.5, 0.6) is 0 Å². The summed E-state index contributed by atoms with van der Waals surface area (Å²) in [6.45, 7) is 5.11. The van der Waals surface area contributed by atoms with E-state index < -0.39 is 10.0 Å². The van der Waals surface area contributed by atoms with Gasteiger partial charge in [0.2, 0.25) is 10.0 Å². The van der Waals surface area contributed by atoms with E-state index in [1.54, 1.807) is 19.1 Å². The zero-order chi connectivity index (χ0) is 15.2. The molecule has 5 nitrogen and oxygen atoms in total. The number of benzene rings is 1. The summed E-state index contributed by atoms with van der Waals surface area (Å²) in [4.78, 5) is 2.77. The minimum absolute atomic E-state index is 0.206. The normalized spacial score (nSPS) is 27.0. The third-order valence-corrected chi connectivity index (χ3v) is 5.64. The van der Waals surface area contributed by atoms with Gasteiger partial charge in [-0.05, 0) is 50.8 Å². The molecular weight excluding hydrogens is 286 g/mol. The van der Waals surface area contributed by atoms with Crippen LogP contribution in [0.2, 0.25) is 0 Å². The topological polar surface area (TPSA) is 75.4 Å². The van der Waals surface area contributed by atoms with Crippen LogP contribution in [0, 0.1) is 6.92 Å². The van der Waals surface area contributed by atoms with Gasteiger partial charge < -0.3 is 5.32 Å². The zero-order valence-corrected chi connectivity index (χ0v) is 13.4. The fraction of sp³-hybridized carbons (Fsp3) is 0.600. The van der Waals surface area contributed by atoms with E-state index in [1.165, 1.54) is 12.8 Å². The summed E-state index contributed by atoms with van der Waals surface area (Å²) in [5.74, 6) is 0. The van der Waals surface area contributed by atoms with Crippen molar-refractivity contribution < 1.29 is 8.42 Å². The third-order valence-electron chi connectivity index (χ3n) is 4.59. The number of nitrogens with zero attached hydrogens (tertiary/aromatic N) is 1. The minimum Gasteiger partial charge on any atom is -0.381 e. The second kappa shape index (κ2) is 5.26. The van der Waals surface area contributed by atoms with Crippen molar-refractivity contribution in [3.05, 3.63) is 23.8 Å². The molecule has 116 valence electrons. The molecule has 0 spiro atoms. The first-order valence-corrected chi connectivity index (χ1v) is 9.05. The Morgan fingerprint density at radius 2 is 2.05 bits per heavy atom. The Bertz CT molecular complexity index is 640. The number of likely N-dealkylation sites (tertiary alicyclic amines) is 1. The maximum absolute atomic E-state index is 11.6. The fourth-order valence-corrected chi connectivity index (χ4v) is 4.18. The van der Waals surface area contributed by atoms with E-state index in [9.17, 15) is 8.42 Å². The molecule has 1 saturated heterocycles. The quantitative estimate of drug-likeness (QED) is 0.887. The van der Waals surface area contributed by atoms with E-state index in [0.29, 0.717) is 17.6 Å². The number of hydrogen-bond donors (Lipinski definition) is 2. The number of rotatable bonds is 4. The Labute approximate surface area is 126 Å². The van der Waals surface area contributed by atoms with Gasteiger partial charge >= 0.3 is 0 Å². The van der Waals surface area contributed by atoms with Crippen LogP contribution in [0.4, 0.5) is 5.69 Å². The van der Waals surface area contributed by atoms with Gasteiger partial charge in [0.15, 0.2) is 0 Å². The molecule has 21 heavy (non-hydrogen) atoms. The van der Waals surface area contributed by atoms with Gasteiger partial charge in [0, 0.05) is 30.4 Å². The monoisotopic (exact) mass is 309 g/mol. The van der Waals surface area contributed by atoms with E-state index in [2.05, 4.69) is 17.1 Å². The third kappa shape index (κ3) is 3.07. The highest BCUT2D eigenvalue weighted by Crippen LogP contribution is 2.34. The molecule has 2 unspecified atom stereocenters. The SMILES string of the molecule is Cc1c(NC2CC(C)N(C3CC3)C2)cccc1S(N)(=O)=O. The number of nitrogens with one attached hydrogen (secondary N) is 1. The molecule has 0 bridgehead atoms. The van der Waals surface area contributed by atoms with Crippen LogP contribution >= 0.6 is 0 Å². The summed E-state index contributed by atoms with van der Waals surface area (Å²) in [6, 6.07) is 6.96. The van der Waals surface area contributed by atoms with Crippen LogP contribution in [0.1, 0.15) is 31.7 Å². The van der Waals surface area contributed by atoms with Crippen molar-refractivity contribution in [2.24, 2.45) is 5.14 Å². The molecule has 2 atom stereocenters. The maximum atomic E-state index is 11.6. The number of primary sulfonamides is 1. The van der Waals surface area contributed by atoms with E-state index in [1.807, 2.05) is 6.07 Å². The second-order valence-electron chi connectivity index (χ2n) is 6.33. The average Bonchev–Trinajstić information content (AvgIpc) is 3.15. The number of nitrogens with two attached hydrogens (primary N) is 1. The summed E-state index contributed by atoms with van der Waals surface area (Å²) in [5.41, 5.74) is 1.58. The zero-order valence-electron chi connectivity index (χ0n) is 12.5. The predicted molar refractivity (Wildman–Crippen MR) is 83.8 cm³/mol. The average molecular weight is 309 g/mol. The number of anilines is 1. The fourth-order valence-electron chi connectivity index (χ4n) is 3.37. The lowest BCUT2D eigenvalue weighted by Crippen LogP contribution is -2.31. The van der Waals surface area contributed by atoms with E-state index in [0.717, 1.165) is 24.7 Å². The highest BCUT2D eigenvalue weighted by atomic mass is 32.2. The molecule has 1 aromatic carbocycles. The molecule has 2 fully saturated rings. The predicted octanol–water partition coefficient (Wildman–Crippen LogP) is 1.68. The van der Waals surface area contributed by atoms with Gasteiger partial charge in [-0.3, -0.25) is 4.90 Å². The largest absolute Gasteiger partial charge is 0.381 e. The lowest BCUT2D eigenvalue weighted by Gasteiger charge is -2.20. The van der Waals surface area contributed by atoms with Crippen LogP contribution in [-0.2, 0) is 10.0 Å². The standard InChI is InChI=1S/C15H23N3O2S/c1-10-8-12(9-18(10)13-6-7-13)17-14-4-3-5-15(11(14)2)21(16,19)20/h3-5,10,12-13,17H,6-9H2,1-2H3,(H2,16,19,20). The molecular formula is C15H23N3O2S. The summed E-state index contributed by atoms with van der Waals surface area (Å²) < 4.78 is 23.2. The van der Waals surface area contributed by atoms with Crippen molar-refractivity contribution in [1.29, 1.82) is 0 Å². The van der Waals surface area contributed by atoms with Crippen molar-refractivity contribution in [2.75, 3.05) is 11.9 Å².